The zero-order valence-electron chi connectivity index (χ0n) is 13.1. The summed E-state index contributed by atoms with van der Waals surface area (Å²) >= 11 is 1.45. The molecule has 1 atom stereocenters. The van der Waals surface area contributed by atoms with Gasteiger partial charge in [-0.25, -0.2) is 4.98 Å². The number of pyridine rings is 1. The van der Waals surface area contributed by atoms with Crippen LogP contribution in [0, 0.1) is 0 Å². The first-order valence-electron chi connectivity index (χ1n) is 7.37. The van der Waals surface area contributed by atoms with Crippen LogP contribution in [0.25, 0.3) is 10.6 Å². The Kier molecular flexibility index (Phi) is 5.81. The molecule has 0 radical (unpaired) electrons. The Morgan fingerprint density at radius 3 is 2.83 bits per heavy atom. The highest BCUT2D eigenvalue weighted by Gasteiger charge is 2.22. The summed E-state index contributed by atoms with van der Waals surface area (Å²) < 4.78 is 0. The van der Waals surface area contributed by atoms with Crippen molar-refractivity contribution in [1.82, 2.24) is 14.9 Å². The van der Waals surface area contributed by atoms with Crippen molar-refractivity contribution in [3.05, 3.63) is 35.6 Å². The third-order valence-electron chi connectivity index (χ3n) is 3.54. The predicted octanol–water partition coefficient (Wildman–Crippen LogP) is 2.46. The number of hydrogen-bond acceptors (Lipinski definition) is 5. The molecule has 0 aliphatic heterocycles. The molecule has 0 fully saturated rings. The van der Waals surface area contributed by atoms with E-state index in [9.17, 15) is 9.59 Å². The number of carboxylic acid groups (broad SMARTS) is 1. The van der Waals surface area contributed by atoms with Crippen molar-refractivity contribution in [1.29, 1.82) is 0 Å². The summed E-state index contributed by atoms with van der Waals surface area (Å²) in [5.74, 6) is -1.22. The first-order chi connectivity index (χ1) is 11.0. The van der Waals surface area contributed by atoms with Crippen molar-refractivity contribution in [2.45, 2.75) is 32.7 Å². The van der Waals surface area contributed by atoms with E-state index in [-0.39, 0.29) is 24.9 Å². The molecule has 0 saturated carbocycles. The molecule has 6 nitrogen and oxygen atoms in total. The lowest BCUT2D eigenvalue weighted by Crippen LogP contribution is -2.42. The number of thiazole rings is 1. The van der Waals surface area contributed by atoms with Gasteiger partial charge in [0, 0.05) is 29.4 Å². The molecule has 0 aliphatic rings. The van der Waals surface area contributed by atoms with Crippen LogP contribution in [0.1, 0.15) is 26.0 Å². The average Bonchev–Trinajstić information content (AvgIpc) is 3.01. The number of carbonyl (C=O) groups is 2. The van der Waals surface area contributed by atoms with Gasteiger partial charge in [0.2, 0.25) is 5.91 Å². The van der Waals surface area contributed by atoms with Crippen molar-refractivity contribution >= 4 is 23.2 Å². The molecule has 1 unspecified atom stereocenters. The van der Waals surface area contributed by atoms with Gasteiger partial charge in [0.05, 0.1) is 12.1 Å². The zero-order chi connectivity index (χ0) is 16.8. The number of amides is 1. The molecular formula is C16H19N3O3S. The molecule has 2 aromatic heterocycles. The molecule has 2 heterocycles. The number of aliphatic carboxylic acids is 1. The molecule has 2 aromatic rings. The number of nitrogens with zero attached hydrogens (tertiary/aromatic N) is 3. The smallest absolute Gasteiger partial charge is 0.323 e. The molecule has 122 valence electrons. The number of aromatic nitrogens is 2. The van der Waals surface area contributed by atoms with Crippen LogP contribution >= 0.6 is 11.3 Å². The summed E-state index contributed by atoms with van der Waals surface area (Å²) in [6.45, 7) is 3.49. The van der Waals surface area contributed by atoms with Crippen LogP contribution in [0.5, 0.6) is 0 Å². The predicted molar refractivity (Wildman–Crippen MR) is 88.2 cm³/mol. The molecule has 0 aromatic carbocycles. The largest absolute Gasteiger partial charge is 0.480 e. The molecule has 7 heteroatoms. The fraction of sp³-hybridized carbons (Fsp3) is 0.375. The fourth-order valence-corrected chi connectivity index (χ4v) is 2.93. The Morgan fingerprint density at radius 1 is 1.43 bits per heavy atom. The van der Waals surface area contributed by atoms with Gasteiger partial charge in [-0.3, -0.25) is 14.6 Å². The van der Waals surface area contributed by atoms with E-state index in [1.54, 1.807) is 12.4 Å². The molecule has 0 saturated heterocycles. The Morgan fingerprint density at radius 2 is 2.22 bits per heavy atom. The summed E-state index contributed by atoms with van der Waals surface area (Å²) in [6.07, 6.45) is 4.23. The summed E-state index contributed by atoms with van der Waals surface area (Å²) in [6, 6.07) is 3.63. The van der Waals surface area contributed by atoms with Gasteiger partial charge in [0.25, 0.3) is 0 Å². The Labute approximate surface area is 138 Å². The van der Waals surface area contributed by atoms with Crippen molar-refractivity contribution < 1.29 is 14.7 Å². The fourth-order valence-electron chi connectivity index (χ4n) is 2.12. The number of carbonyl (C=O) groups excluding carboxylic acids is 1. The Hall–Kier alpha value is -2.28. The van der Waals surface area contributed by atoms with E-state index in [1.165, 1.54) is 16.2 Å². The van der Waals surface area contributed by atoms with Gasteiger partial charge in [-0.15, -0.1) is 11.3 Å². The molecule has 0 aliphatic carbocycles. The van der Waals surface area contributed by atoms with Gasteiger partial charge in [-0.2, -0.15) is 0 Å². The lowest BCUT2D eigenvalue weighted by atomic mass is 10.2. The maximum absolute atomic E-state index is 12.4. The second kappa shape index (κ2) is 7.82. The Bertz CT molecular complexity index is 672. The van der Waals surface area contributed by atoms with Crippen LogP contribution in [0.15, 0.2) is 29.9 Å². The lowest BCUT2D eigenvalue weighted by molar-refractivity contribution is -0.145. The minimum absolute atomic E-state index is 0.106. The maximum atomic E-state index is 12.4. The summed E-state index contributed by atoms with van der Waals surface area (Å²) in [4.78, 5) is 33.3. The lowest BCUT2D eigenvalue weighted by Gasteiger charge is -2.26. The normalized spacial score (nSPS) is 11.9. The minimum Gasteiger partial charge on any atom is -0.480 e. The van der Waals surface area contributed by atoms with Crippen LogP contribution in [-0.2, 0) is 16.0 Å². The second-order valence-corrected chi connectivity index (χ2v) is 6.09. The number of carboxylic acids is 1. The highest BCUT2D eigenvalue weighted by Crippen LogP contribution is 2.23. The molecule has 2 rings (SSSR count). The Balaban J connectivity index is 2.10. The van der Waals surface area contributed by atoms with Crippen molar-refractivity contribution in [2.24, 2.45) is 0 Å². The van der Waals surface area contributed by atoms with Crippen molar-refractivity contribution in [3.8, 4) is 10.6 Å². The maximum Gasteiger partial charge on any atom is 0.323 e. The van der Waals surface area contributed by atoms with Crippen LogP contribution in [-0.4, -0.2) is 44.4 Å². The van der Waals surface area contributed by atoms with Gasteiger partial charge in [0.1, 0.15) is 11.6 Å². The van der Waals surface area contributed by atoms with Gasteiger partial charge in [0.15, 0.2) is 0 Å². The minimum atomic E-state index is -1.01. The van der Waals surface area contributed by atoms with E-state index in [0.29, 0.717) is 12.1 Å². The molecule has 1 N–H and O–H groups in total. The zero-order valence-corrected chi connectivity index (χ0v) is 13.9. The van der Waals surface area contributed by atoms with Gasteiger partial charge in [-0.05, 0) is 25.5 Å². The van der Waals surface area contributed by atoms with Crippen molar-refractivity contribution in [3.63, 3.8) is 0 Å². The summed E-state index contributed by atoms with van der Waals surface area (Å²) in [5.41, 5.74) is 1.55. The molecule has 1 amide bonds. The topological polar surface area (TPSA) is 83.4 Å². The van der Waals surface area contributed by atoms with E-state index in [1.807, 2.05) is 31.4 Å². The van der Waals surface area contributed by atoms with Gasteiger partial charge >= 0.3 is 5.97 Å². The molecule has 23 heavy (non-hydrogen) atoms. The third-order valence-corrected chi connectivity index (χ3v) is 4.48. The number of rotatable bonds is 7. The van der Waals surface area contributed by atoms with E-state index in [0.717, 1.165) is 10.6 Å². The van der Waals surface area contributed by atoms with Crippen LogP contribution < -0.4 is 0 Å². The van der Waals surface area contributed by atoms with E-state index in [2.05, 4.69) is 9.97 Å². The van der Waals surface area contributed by atoms with E-state index >= 15 is 0 Å². The molecule has 0 spiro atoms. The second-order valence-electron chi connectivity index (χ2n) is 5.24. The van der Waals surface area contributed by atoms with Crippen LogP contribution in [0.3, 0.4) is 0 Å². The first-order valence-corrected chi connectivity index (χ1v) is 8.25. The highest BCUT2D eigenvalue weighted by atomic mass is 32.1. The highest BCUT2D eigenvalue weighted by molar-refractivity contribution is 7.13. The van der Waals surface area contributed by atoms with Gasteiger partial charge < -0.3 is 10.0 Å². The molecular weight excluding hydrogens is 314 g/mol. The number of hydrogen-bond donors (Lipinski definition) is 1. The summed E-state index contributed by atoms with van der Waals surface area (Å²) in [7, 11) is 0. The summed E-state index contributed by atoms with van der Waals surface area (Å²) in [5, 5.41) is 11.6. The quantitative estimate of drug-likeness (QED) is 0.841. The SMILES string of the molecule is CCC(C)N(CC(=O)O)C(=O)Cc1csc(-c2cccnc2)n1. The first kappa shape index (κ1) is 17.1. The van der Waals surface area contributed by atoms with E-state index < -0.39 is 5.97 Å². The van der Waals surface area contributed by atoms with Crippen LogP contribution in [0.2, 0.25) is 0 Å². The monoisotopic (exact) mass is 333 g/mol. The van der Waals surface area contributed by atoms with Crippen molar-refractivity contribution in [2.75, 3.05) is 6.54 Å². The van der Waals surface area contributed by atoms with E-state index in [4.69, 9.17) is 5.11 Å². The molecule has 0 bridgehead atoms. The average molecular weight is 333 g/mol. The third kappa shape index (κ3) is 4.59. The van der Waals surface area contributed by atoms with Gasteiger partial charge in [-0.1, -0.05) is 6.92 Å². The van der Waals surface area contributed by atoms with Crippen LogP contribution in [0.4, 0.5) is 0 Å². The standard InChI is InChI=1S/C16H19N3O3S/c1-3-11(2)19(9-15(21)22)14(20)7-13-10-23-16(18-13)12-5-4-6-17-8-12/h4-6,8,10-11H,3,7,9H2,1-2H3,(H,21,22).